The fourth-order valence-electron chi connectivity index (χ4n) is 1.86. The number of anilines is 1. The van der Waals surface area contributed by atoms with Crippen molar-refractivity contribution in [2.45, 2.75) is 40.2 Å². The molecule has 0 radical (unpaired) electrons. The number of nitrogens with zero attached hydrogens (tertiary/aromatic N) is 2. The van der Waals surface area contributed by atoms with Gasteiger partial charge in [-0.2, -0.15) is 0 Å². The van der Waals surface area contributed by atoms with Gasteiger partial charge in [-0.15, -0.1) is 0 Å². The van der Waals surface area contributed by atoms with Crippen molar-refractivity contribution in [1.82, 2.24) is 9.55 Å². The zero-order valence-corrected chi connectivity index (χ0v) is 11.5. The number of imidazole rings is 1. The number of aromatic nitrogens is 2. The molecular formula is C13H25N3O. The molecule has 0 aromatic carbocycles. The van der Waals surface area contributed by atoms with Gasteiger partial charge >= 0.3 is 0 Å². The largest absolute Gasteiger partial charge is 0.383 e. The van der Waals surface area contributed by atoms with Crippen LogP contribution in [0.15, 0.2) is 6.20 Å². The van der Waals surface area contributed by atoms with Crippen LogP contribution in [0.1, 0.15) is 32.4 Å². The summed E-state index contributed by atoms with van der Waals surface area (Å²) in [5.74, 6) is 1.69. The summed E-state index contributed by atoms with van der Waals surface area (Å²) in [5.41, 5.74) is 1.05. The lowest BCUT2D eigenvalue weighted by Gasteiger charge is -2.14. The highest BCUT2D eigenvalue weighted by Gasteiger charge is 2.08. The molecule has 1 aromatic rings. The molecule has 0 spiro atoms. The molecule has 0 saturated carbocycles. The number of methoxy groups -OCH3 is 1. The van der Waals surface area contributed by atoms with Crippen molar-refractivity contribution in [2.24, 2.45) is 5.92 Å². The Kier molecular flexibility index (Phi) is 6.05. The van der Waals surface area contributed by atoms with Crippen LogP contribution >= 0.6 is 0 Å². The van der Waals surface area contributed by atoms with E-state index in [2.05, 4.69) is 34.9 Å². The van der Waals surface area contributed by atoms with Crippen molar-refractivity contribution < 1.29 is 4.74 Å². The third-order valence-electron chi connectivity index (χ3n) is 3.14. The van der Waals surface area contributed by atoms with Crippen LogP contribution in [0.25, 0.3) is 0 Å². The highest BCUT2D eigenvalue weighted by molar-refractivity contribution is 5.28. The van der Waals surface area contributed by atoms with Crippen molar-refractivity contribution in [3.8, 4) is 0 Å². The van der Waals surface area contributed by atoms with Crippen LogP contribution in [0, 0.1) is 12.8 Å². The van der Waals surface area contributed by atoms with E-state index >= 15 is 0 Å². The Balaban J connectivity index is 2.56. The molecule has 1 aromatic heterocycles. The molecule has 0 bridgehead atoms. The average molecular weight is 239 g/mol. The third kappa shape index (κ3) is 4.38. The van der Waals surface area contributed by atoms with Gasteiger partial charge in [-0.25, -0.2) is 4.98 Å². The second-order valence-electron chi connectivity index (χ2n) is 4.46. The maximum Gasteiger partial charge on any atom is 0.203 e. The Bertz CT molecular complexity index is 318. The first-order chi connectivity index (χ1) is 8.21. The topological polar surface area (TPSA) is 39.1 Å². The minimum absolute atomic E-state index is 0.718. The Hall–Kier alpha value is -1.03. The highest BCUT2D eigenvalue weighted by atomic mass is 16.5. The van der Waals surface area contributed by atoms with Crippen molar-refractivity contribution in [2.75, 3.05) is 25.6 Å². The summed E-state index contributed by atoms with van der Waals surface area (Å²) in [6.45, 7) is 9.05. The summed E-state index contributed by atoms with van der Waals surface area (Å²) >= 11 is 0. The molecule has 0 fully saturated rings. The van der Waals surface area contributed by atoms with Crippen LogP contribution in [0.2, 0.25) is 0 Å². The van der Waals surface area contributed by atoms with Gasteiger partial charge in [-0.3, -0.25) is 0 Å². The molecule has 17 heavy (non-hydrogen) atoms. The van der Waals surface area contributed by atoms with Gasteiger partial charge in [0.1, 0.15) is 0 Å². The maximum atomic E-state index is 5.10. The van der Waals surface area contributed by atoms with Gasteiger partial charge in [-0.1, -0.05) is 26.7 Å². The quantitative estimate of drug-likeness (QED) is 0.758. The predicted molar refractivity (Wildman–Crippen MR) is 71.4 cm³/mol. The summed E-state index contributed by atoms with van der Waals surface area (Å²) in [5, 5.41) is 3.44. The monoisotopic (exact) mass is 239 g/mol. The molecule has 0 aliphatic carbocycles. The van der Waals surface area contributed by atoms with Crippen LogP contribution in [0.4, 0.5) is 5.95 Å². The van der Waals surface area contributed by atoms with Crippen LogP contribution in [0.3, 0.4) is 0 Å². The molecule has 1 N–H and O–H groups in total. The molecule has 98 valence electrons. The summed E-state index contributed by atoms with van der Waals surface area (Å²) in [4.78, 5) is 4.50. The van der Waals surface area contributed by atoms with E-state index < -0.39 is 0 Å². The van der Waals surface area contributed by atoms with E-state index in [1.54, 1.807) is 7.11 Å². The second-order valence-corrected chi connectivity index (χ2v) is 4.46. The van der Waals surface area contributed by atoms with Gasteiger partial charge in [0.2, 0.25) is 5.95 Å². The van der Waals surface area contributed by atoms with E-state index in [1.165, 1.54) is 12.8 Å². The third-order valence-corrected chi connectivity index (χ3v) is 3.14. The molecule has 1 heterocycles. The molecule has 1 rings (SSSR count). The molecule has 0 unspecified atom stereocenters. The zero-order chi connectivity index (χ0) is 12.7. The first-order valence-corrected chi connectivity index (χ1v) is 6.47. The minimum Gasteiger partial charge on any atom is -0.383 e. The molecule has 0 atom stereocenters. The molecule has 0 aliphatic heterocycles. The van der Waals surface area contributed by atoms with E-state index in [4.69, 9.17) is 4.74 Å². The summed E-state index contributed by atoms with van der Waals surface area (Å²) in [7, 11) is 1.72. The molecular weight excluding hydrogens is 214 g/mol. The summed E-state index contributed by atoms with van der Waals surface area (Å²) < 4.78 is 7.23. The van der Waals surface area contributed by atoms with Gasteiger partial charge in [0.05, 0.1) is 12.3 Å². The van der Waals surface area contributed by atoms with E-state index in [9.17, 15) is 0 Å². The van der Waals surface area contributed by atoms with Crippen LogP contribution < -0.4 is 5.32 Å². The fraction of sp³-hybridized carbons (Fsp3) is 0.769. The minimum atomic E-state index is 0.718. The van der Waals surface area contributed by atoms with Crippen LogP contribution in [-0.4, -0.2) is 29.8 Å². The standard InChI is InChI=1S/C13H25N3O/c1-5-12(6-2)9-14-13-15-11(3)10-16(13)7-8-17-4/h10,12H,5-9H2,1-4H3,(H,14,15). The zero-order valence-electron chi connectivity index (χ0n) is 11.5. The molecule has 0 amide bonds. The Morgan fingerprint density at radius 3 is 2.71 bits per heavy atom. The first-order valence-electron chi connectivity index (χ1n) is 6.47. The lowest BCUT2D eigenvalue weighted by atomic mass is 10.0. The predicted octanol–water partition coefficient (Wildman–Crippen LogP) is 2.69. The smallest absolute Gasteiger partial charge is 0.203 e. The molecule has 0 saturated heterocycles. The number of ether oxygens (including phenoxy) is 1. The number of hydrogen-bond acceptors (Lipinski definition) is 3. The average Bonchev–Trinajstić information content (AvgIpc) is 2.68. The summed E-state index contributed by atoms with van der Waals surface area (Å²) in [6.07, 6.45) is 4.48. The second kappa shape index (κ2) is 7.33. The number of rotatable bonds is 8. The SMILES string of the molecule is CCC(CC)CNc1nc(C)cn1CCOC. The van der Waals surface area contributed by atoms with Crippen LogP contribution in [-0.2, 0) is 11.3 Å². The van der Waals surface area contributed by atoms with E-state index in [0.717, 1.165) is 37.3 Å². The normalized spacial score (nSPS) is 11.1. The van der Waals surface area contributed by atoms with Crippen molar-refractivity contribution in [3.05, 3.63) is 11.9 Å². The van der Waals surface area contributed by atoms with E-state index in [1.807, 2.05) is 6.92 Å². The summed E-state index contributed by atoms with van der Waals surface area (Å²) in [6, 6.07) is 0. The van der Waals surface area contributed by atoms with E-state index in [-0.39, 0.29) is 0 Å². The van der Waals surface area contributed by atoms with Gasteiger partial charge < -0.3 is 14.6 Å². The Morgan fingerprint density at radius 2 is 2.12 bits per heavy atom. The molecule has 4 nitrogen and oxygen atoms in total. The van der Waals surface area contributed by atoms with Gasteiger partial charge in [0, 0.05) is 26.4 Å². The Morgan fingerprint density at radius 1 is 1.41 bits per heavy atom. The van der Waals surface area contributed by atoms with Crippen molar-refractivity contribution >= 4 is 5.95 Å². The van der Waals surface area contributed by atoms with Gasteiger partial charge in [0.15, 0.2) is 0 Å². The van der Waals surface area contributed by atoms with Crippen molar-refractivity contribution in [1.29, 1.82) is 0 Å². The highest BCUT2D eigenvalue weighted by Crippen LogP contribution is 2.12. The number of nitrogens with one attached hydrogen (secondary N) is 1. The number of aryl methyl sites for hydroxylation is 1. The van der Waals surface area contributed by atoms with Crippen LogP contribution in [0.5, 0.6) is 0 Å². The lowest BCUT2D eigenvalue weighted by molar-refractivity contribution is 0.187. The maximum absolute atomic E-state index is 5.10. The fourth-order valence-corrected chi connectivity index (χ4v) is 1.86. The number of hydrogen-bond donors (Lipinski definition) is 1. The van der Waals surface area contributed by atoms with E-state index in [0.29, 0.717) is 0 Å². The van der Waals surface area contributed by atoms with Gasteiger partial charge in [-0.05, 0) is 12.8 Å². The van der Waals surface area contributed by atoms with Crippen molar-refractivity contribution in [3.63, 3.8) is 0 Å². The molecule has 0 aliphatic rings. The molecule has 4 heteroatoms. The van der Waals surface area contributed by atoms with Gasteiger partial charge in [0.25, 0.3) is 0 Å². The first kappa shape index (κ1) is 14.0. The lowest BCUT2D eigenvalue weighted by Crippen LogP contribution is -2.16. The Labute approximate surface area is 104 Å².